The first-order chi connectivity index (χ1) is 9.69. The highest BCUT2D eigenvalue weighted by molar-refractivity contribution is 6.30. The minimum atomic E-state index is -0.0336. The van der Waals surface area contributed by atoms with Crippen LogP contribution in [0.5, 0.6) is 5.75 Å². The van der Waals surface area contributed by atoms with Crippen LogP contribution in [0.4, 0.5) is 0 Å². The van der Waals surface area contributed by atoms with Crippen molar-refractivity contribution in [3.63, 3.8) is 0 Å². The summed E-state index contributed by atoms with van der Waals surface area (Å²) in [6, 6.07) is 15.8. The molecule has 0 bridgehead atoms. The Balaban J connectivity index is 2.00. The molecule has 0 heterocycles. The summed E-state index contributed by atoms with van der Waals surface area (Å²) >= 11 is 5.99. The molecule has 106 valence electrons. The van der Waals surface area contributed by atoms with Crippen molar-refractivity contribution >= 4 is 11.6 Å². The average Bonchev–Trinajstić information content (AvgIpc) is 2.45. The van der Waals surface area contributed by atoms with Gasteiger partial charge in [-0.1, -0.05) is 42.8 Å². The van der Waals surface area contributed by atoms with Crippen LogP contribution < -0.4 is 10.5 Å². The Morgan fingerprint density at radius 3 is 2.55 bits per heavy atom. The average molecular weight is 290 g/mol. The van der Waals surface area contributed by atoms with Gasteiger partial charge in [0.25, 0.3) is 0 Å². The van der Waals surface area contributed by atoms with E-state index in [9.17, 15) is 0 Å². The van der Waals surface area contributed by atoms with Crippen molar-refractivity contribution in [1.82, 2.24) is 0 Å². The highest BCUT2D eigenvalue weighted by Crippen LogP contribution is 2.21. The lowest BCUT2D eigenvalue weighted by Crippen LogP contribution is -2.13. The van der Waals surface area contributed by atoms with E-state index in [1.165, 1.54) is 0 Å². The van der Waals surface area contributed by atoms with E-state index in [0.29, 0.717) is 0 Å². The Bertz CT molecular complexity index is 539. The predicted molar refractivity (Wildman–Crippen MR) is 84.3 cm³/mol. The van der Waals surface area contributed by atoms with Crippen LogP contribution in [0.2, 0.25) is 5.02 Å². The van der Waals surface area contributed by atoms with Gasteiger partial charge in [0.15, 0.2) is 0 Å². The molecule has 3 heteroatoms. The van der Waals surface area contributed by atoms with Crippen LogP contribution in [0.15, 0.2) is 48.5 Å². The first-order valence-corrected chi connectivity index (χ1v) is 7.29. The zero-order chi connectivity index (χ0) is 14.4. The SMILES string of the molecule is CCCOc1ccc(C(N)Cc2cccc(Cl)c2)cc1. The first-order valence-electron chi connectivity index (χ1n) is 6.92. The van der Waals surface area contributed by atoms with Gasteiger partial charge < -0.3 is 10.5 Å². The van der Waals surface area contributed by atoms with E-state index < -0.39 is 0 Å². The van der Waals surface area contributed by atoms with Crippen molar-refractivity contribution in [3.05, 3.63) is 64.7 Å². The van der Waals surface area contributed by atoms with Crippen molar-refractivity contribution in [1.29, 1.82) is 0 Å². The highest BCUT2D eigenvalue weighted by atomic mass is 35.5. The van der Waals surface area contributed by atoms with Crippen LogP contribution in [0, 0.1) is 0 Å². The maximum Gasteiger partial charge on any atom is 0.119 e. The summed E-state index contributed by atoms with van der Waals surface area (Å²) in [5, 5.41) is 0.748. The van der Waals surface area contributed by atoms with Crippen LogP contribution in [0.25, 0.3) is 0 Å². The second kappa shape index (κ2) is 7.32. The minimum Gasteiger partial charge on any atom is -0.494 e. The van der Waals surface area contributed by atoms with Gasteiger partial charge in [0.1, 0.15) is 5.75 Å². The maximum atomic E-state index is 6.24. The molecular formula is C17H20ClNO. The normalized spacial score (nSPS) is 12.2. The van der Waals surface area contributed by atoms with Gasteiger partial charge in [-0.15, -0.1) is 0 Å². The van der Waals surface area contributed by atoms with E-state index in [2.05, 4.69) is 6.92 Å². The lowest BCUT2D eigenvalue weighted by molar-refractivity contribution is 0.317. The Kier molecular flexibility index (Phi) is 5.45. The predicted octanol–water partition coefficient (Wildman–Crippen LogP) is 4.37. The quantitative estimate of drug-likeness (QED) is 0.857. The standard InChI is InChI=1S/C17H20ClNO/c1-2-10-20-16-8-6-14(7-9-16)17(19)12-13-4-3-5-15(18)11-13/h3-9,11,17H,2,10,12,19H2,1H3. The molecule has 0 amide bonds. The number of rotatable bonds is 6. The highest BCUT2D eigenvalue weighted by Gasteiger charge is 2.07. The van der Waals surface area contributed by atoms with E-state index in [1.54, 1.807) is 0 Å². The Labute approximate surface area is 125 Å². The molecule has 0 aliphatic carbocycles. The Morgan fingerprint density at radius 2 is 1.90 bits per heavy atom. The molecule has 0 saturated heterocycles. The maximum absolute atomic E-state index is 6.24. The topological polar surface area (TPSA) is 35.2 Å². The number of nitrogens with two attached hydrogens (primary N) is 1. The summed E-state index contributed by atoms with van der Waals surface area (Å²) in [5.41, 5.74) is 8.50. The molecule has 0 radical (unpaired) electrons. The molecule has 0 aliphatic heterocycles. The van der Waals surface area contributed by atoms with Crippen molar-refractivity contribution in [2.45, 2.75) is 25.8 Å². The van der Waals surface area contributed by atoms with Crippen molar-refractivity contribution in [2.75, 3.05) is 6.61 Å². The molecule has 2 aromatic carbocycles. The summed E-state index contributed by atoms with van der Waals surface area (Å²) in [4.78, 5) is 0. The third-order valence-corrected chi connectivity index (χ3v) is 3.36. The second-order valence-corrected chi connectivity index (χ2v) is 5.29. The molecule has 0 aromatic heterocycles. The number of halogens is 1. The fourth-order valence-corrected chi connectivity index (χ4v) is 2.28. The van der Waals surface area contributed by atoms with E-state index in [4.69, 9.17) is 22.1 Å². The summed E-state index contributed by atoms with van der Waals surface area (Å²) in [6.07, 6.45) is 1.78. The van der Waals surface area contributed by atoms with Crippen molar-refractivity contribution < 1.29 is 4.74 Å². The van der Waals surface area contributed by atoms with Gasteiger partial charge in [-0.3, -0.25) is 0 Å². The molecule has 1 unspecified atom stereocenters. The third-order valence-electron chi connectivity index (χ3n) is 3.13. The molecular weight excluding hydrogens is 270 g/mol. The van der Waals surface area contributed by atoms with Gasteiger partial charge in [0, 0.05) is 11.1 Å². The van der Waals surface area contributed by atoms with Crippen molar-refractivity contribution in [3.8, 4) is 5.75 Å². The molecule has 2 aromatic rings. The van der Waals surface area contributed by atoms with Crippen LogP contribution in [-0.2, 0) is 6.42 Å². The van der Waals surface area contributed by atoms with Crippen LogP contribution in [0.1, 0.15) is 30.5 Å². The monoisotopic (exact) mass is 289 g/mol. The smallest absolute Gasteiger partial charge is 0.119 e. The number of ether oxygens (including phenoxy) is 1. The lowest BCUT2D eigenvalue weighted by atomic mass is 10.00. The summed E-state index contributed by atoms with van der Waals surface area (Å²) in [6.45, 7) is 2.84. The lowest BCUT2D eigenvalue weighted by Gasteiger charge is -2.13. The molecule has 0 saturated carbocycles. The molecule has 0 spiro atoms. The summed E-state index contributed by atoms with van der Waals surface area (Å²) < 4.78 is 5.57. The molecule has 2 N–H and O–H groups in total. The molecule has 20 heavy (non-hydrogen) atoms. The summed E-state index contributed by atoms with van der Waals surface area (Å²) in [5.74, 6) is 0.894. The first kappa shape index (κ1) is 14.9. The minimum absolute atomic E-state index is 0.0336. The molecule has 2 rings (SSSR count). The van der Waals surface area contributed by atoms with Gasteiger partial charge in [-0.05, 0) is 48.2 Å². The number of benzene rings is 2. The number of hydrogen-bond acceptors (Lipinski definition) is 2. The largest absolute Gasteiger partial charge is 0.494 e. The molecule has 2 nitrogen and oxygen atoms in total. The molecule has 0 fully saturated rings. The van der Waals surface area contributed by atoms with Gasteiger partial charge in [-0.2, -0.15) is 0 Å². The zero-order valence-electron chi connectivity index (χ0n) is 11.7. The van der Waals surface area contributed by atoms with Crippen LogP contribution >= 0.6 is 11.6 Å². The van der Waals surface area contributed by atoms with E-state index >= 15 is 0 Å². The second-order valence-electron chi connectivity index (χ2n) is 4.86. The van der Waals surface area contributed by atoms with Gasteiger partial charge in [0.05, 0.1) is 6.61 Å². The fourth-order valence-electron chi connectivity index (χ4n) is 2.07. The third kappa shape index (κ3) is 4.26. The Hall–Kier alpha value is -1.51. The van der Waals surface area contributed by atoms with Gasteiger partial charge in [-0.25, -0.2) is 0 Å². The van der Waals surface area contributed by atoms with Crippen LogP contribution in [-0.4, -0.2) is 6.61 Å². The Morgan fingerprint density at radius 1 is 1.15 bits per heavy atom. The molecule has 0 aliphatic rings. The number of hydrogen-bond donors (Lipinski definition) is 1. The molecule has 1 atom stereocenters. The van der Waals surface area contributed by atoms with E-state index in [1.807, 2.05) is 48.5 Å². The van der Waals surface area contributed by atoms with E-state index in [0.717, 1.165) is 41.3 Å². The fraction of sp³-hybridized carbons (Fsp3) is 0.294. The van der Waals surface area contributed by atoms with Crippen LogP contribution in [0.3, 0.4) is 0 Å². The van der Waals surface area contributed by atoms with Gasteiger partial charge >= 0.3 is 0 Å². The van der Waals surface area contributed by atoms with Gasteiger partial charge in [0.2, 0.25) is 0 Å². The summed E-state index contributed by atoms with van der Waals surface area (Å²) in [7, 11) is 0. The van der Waals surface area contributed by atoms with E-state index in [-0.39, 0.29) is 6.04 Å². The zero-order valence-corrected chi connectivity index (χ0v) is 12.4. The van der Waals surface area contributed by atoms with Crippen molar-refractivity contribution in [2.24, 2.45) is 5.73 Å².